The molecule has 4 nitrogen and oxygen atoms in total. The van der Waals surface area contributed by atoms with E-state index in [1.807, 2.05) is 29.7 Å². The van der Waals surface area contributed by atoms with E-state index in [0.29, 0.717) is 28.0 Å². The predicted octanol–water partition coefficient (Wildman–Crippen LogP) is 3.03. The average Bonchev–Trinajstić information content (AvgIpc) is 2.52. The van der Waals surface area contributed by atoms with Crippen molar-refractivity contribution in [3.05, 3.63) is 65.2 Å². The molecule has 0 bridgehead atoms. The van der Waals surface area contributed by atoms with Gasteiger partial charge >= 0.3 is 0 Å². The molecule has 5 heteroatoms. The molecule has 23 heavy (non-hydrogen) atoms. The zero-order valence-corrected chi connectivity index (χ0v) is 13.3. The van der Waals surface area contributed by atoms with Crippen molar-refractivity contribution in [3.63, 3.8) is 0 Å². The van der Waals surface area contributed by atoms with E-state index in [-0.39, 0.29) is 5.82 Å². The smallest absolute Gasteiger partial charge is 0.143 e. The Labute approximate surface area is 133 Å². The second-order valence-corrected chi connectivity index (χ2v) is 5.54. The third-order valence-corrected chi connectivity index (χ3v) is 3.74. The van der Waals surface area contributed by atoms with Gasteiger partial charge in [0.1, 0.15) is 17.0 Å². The van der Waals surface area contributed by atoms with Gasteiger partial charge in [0.25, 0.3) is 0 Å². The van der Waals surface area contributed by atoms with Crippen LogP contribution in [-0.2, 0) is 0 Å². The van der Waals surface area contributed by atoms with Crippen LogP contribution in [0.25, 0.3) is 16.8 Å². The third kappa shape index (κ3) is 2.75. The van der Waals surface area contributed by atoms with Gasteiger partial charge in [0.05, 0.1) is 11.8 Å². The number of benzene rings is 1. The van der Waals surface area contributed by atoms with Crippen molar-refractivity contribution in [3.8, 4) is 11.1 Å². The zero-order valence-electron chi connectivity index (χ0n) is 13.3. The van der Waals surface area contributed by atoms with E-state index in [1.165, 1.54) is 12.1 Å². The molecule has 0 fully saturated rings. The number of nitrogens with zero attached hydrogens (tertiary/aromatic N) is 3. The SMILES string of the molecule is CN=c1c(-c2cccc(F)c2)c(C(C)O)nc2ccc(C)cn12. The number of rotatable bonds is 2. The first-order chi connectivity index (χ1) is 11.0. The maximum absolute atomic E-state index is 13.7. The Morgan fingerprint density at radius 2 is 2.04 bits per heavy atom. The summed E-state index contributed by atoms with van der Waals surface area (Å²) in [6.45, 7) is 3.63. The van der Waals surface area contributed by atoms with Crippen LogP contribution in [0.5, 0.6) is 0 Å². The Hall–Kier alpha value is -2.53. The Bertz CT molecular complexity index is 945. The Kier molecular flexibility index (Phi) is 3.96. The van der Waals surface area contributed by atoms with Gasteiger partial charge in [0.2, 0.25) is 0 Å². The molecule has 1 atom stereocenters. The highest BCUT2D eigenvalue weighted by atomic mass is 19.1. The highest BCUT2D eigenvalue weighted by Gasteiger charge is 2.17. The minimum Gasteiger partial charge on any atom is -0.387 e. The van der Waals surface area contributed by atoms with Crippen molar-refractivity contribution < 1.29 is 9.50 Å². The minimum atomic E-state index is -0.792. The van der Waals surface area contributed by atoms with Gasteiger partial charge in [-0.25, -0.2) is 9.37 Å². The van der Waals surface area contributed by atoms with Crippen LogP contribution in [0.2, 0.25) is 0 Å². The summed E-state index contributed by atoms with van der Waals surface area (Å²) < 4.78 is 15.5. The van der Waals surface area contributed by atoms with E-state index in [9.17, 15) is 9.50 Å². The van der Waals surface area contributed by atoms with Crippen LogP contribution >= 0.6 is 0 Å². The van der Waals surface area contributed by atoms with E-state index in [1.54, 1.807) is 26.1 Å². The first-order valence-electron chi connectivity index (χ1n) is 7.41. The van der Waals surface area contributed by atoms with E-state index in [2.05, 4.69) is 9.98 Å². The summed E-state index contributed by atoms with van der Waals surface area (Å²) in [5.41, 5.74) is 4.16. The molecule has 0 spiro atoms. The zero-order chi connectivity index (χ0) is 16.6. The van der Waals surface area contributed by atoms with Crippen LogP contribution in [0.15, 0.2) is 47.6 Å². The minimum absolute atomic E-state index is 0.338. The van der Waals surface area contributed by atoms with Crippen molar-refractivity contribution in [1.29, 1.82) is 0 Å². The fraction of sp³-hybridized carbons (Fsp3) is 0.222. The Morgan fingerprint density at radius 3 is 2.70 bits per heavy atom. The molecule has 0 aliphatic heterocycles. The van der Waals surface area contributed by atoms with Crippen molar-refractivity contribution >= 4 is 5.65 Å². The maximum atomic E-state index is 13.7. The molecule has 1 unspecified atom stereocenters. The van der Waals surface area contributed by atoms with Crippen molar-refractivity contribution in [2.45, 2.75) is 20.0 Å². The quantitative estimate of drug-likeness (QED) is 0.791. The van der Waals surface area contributed by atoms with Crippen LogP contribution in [0.4, 0.5) is 4.39 Å². The molecule has 2 aromatic heterocycles. The molecule has 0 radical (unpaired) electrons. The lowest BCUT2D eigenvalue weighted by molar-refractivity contribution is 0.195. The van der Waals surface area contributed by atoms with Gasteiger partial charge < -0.3 is 5.11 Å². The van der Waals surface area contributed by atoms with Gasteiger partial charge in [-0.1, -0.05) is 18.2 Å². The van der Waals surface area contributed by atoms with Crippen LogP contribution < -0.4 is 5.49 Å². The number of aliphatic hydroxyl groups is 1. The topological polar surface area (TPSA) is 49.9 Å². The Morgan fingerprint density at radius 1 is 1.26 bits per heavy atom. The Balaban J connectivity index is 2.50. The molecule has 0 amide bonds. The standard InChI is InChI=1S/C18H18FN3O/c1-11-7-8-15-21-17(12(2)23)16(18(20-3)22(15)10-11)13-5-4-6-14(19)9-13/h4-10,12,23H,1-3H3. The van der Waals surface area contributed by atoms with Gasteiger partial charge in [0.15, 0.2) is 0 Å². The number of aromatic nitrogens is 2. The molecule has 3 aromatic rings. The molecule has 1 N–H and O–H groups in total. The predicted molar refractivity (Wildman–Crippen MR) is 87.4 cm³/mol. The lowest BCUT2D eigenvalue weighted by Crippen LogP contribution is -2.22. The summed E-state index contributed by atoms with van der Waals surface area (Å²) in [6.07, 6.45) is 1.14. The van der Waals surface area contributed by atoms with Crippen LogP contribution in [0, 0.1) is 12.7 Å². The van der Waals surface area contributed by atoms with Gasteiger partial charge in [0, 0.05) is 18.8 Å². The highest BCUT2D eigenvalue weighted by Crippen LogP contribution is 2.25. The molecule has 0 aliphatic carbocycles. The molecule has 2 heterocycles. The van der Waals surface area contributed by atoms with E-state index >= 15 is 0 Å². The fourth-order valence-corrected chi connectivity index (χ4v) is 2.72. The molecule has 3 rings (SSSR count). The van der Waals surface area contributed by atoms with Crippen molar-refractivity contribution in [1.82, 2.24) is 9.38 Å². The molecule has 0 saturated carbocycles. The summed E-state index contributed by atoms with van der Waals surface area (Å²) in [5.74, 6) is -0.338. The summed E-state index contributed by atoms with van der Waals surface area (Å²) in [6, 6.07) is 10.1. The largest absolute Gasteiger partial charge is 0.387 e. The van der Waals surface area contributed by atoms with Crippen molar-refractivity contribution in [2.75, 3.05) is 7.05 Å². The highest BCUT2D eigenvalue weighted by molar-refractivity contribution is 5.67. The summed E-state index contributed by atoms with van der Waals surface area (Å²) in [4.78, 5) is 8.94. The molecule has 118 valence electrons. The first-order valence-corrected chi connectivity index (χ1v) is 7.41. The van der Waals surface area contributed by atoms with Crippen molar-refractivity contribution in [2.24, 2.45) is 4.99 Å². The lowest BCUT2D eigenvalue weighted by atomic mass is 10.0. The summed E-state index contributed by atoms with van der Waals surface area (Å²) in [5, 5.41) is 10.2. The fourth-order valence-electron chi connectivity index (χ4n) is 2.72. The number of hydrogen-bond acceptors (Lipinski definition) is 3. The molecular weight excluding hydrogens is 293 g/mol. The van der Waals surface area contributed by atoms with E-state index < -0.39 is 6.10 Å². The first kappa shape index (κ1) is 15.4. The summed E-state index contributed by atoms with van der Waals surface area (Å²) >= 11 is 0. The molecule has 1 aromatic carbocycles. The monoisotopic (exact) mass is 311 g/mol. The second-order valence-electron chi connectivity index (χ2n) is 5.54. The van der Waals surface area contributed by atoms with Gasteiger partial charge in [-0.2, -0.15) is 0 Å². The lowest BCUT2D eigenvalue weighted by Gasteiger charge is -2.15. The molecule has 0 aliphatic rings. The molecule has 0 saturated heterocycles. The number of pyridine rings is 1. The van der Waals surface area contributed by atoms with Gasteiger partial charge in [-0.05, 0) is 43.2 Å². The molecular formula is C18H18FN3O. The number of fused-ring (bicyclic) bond motifs is 1. The van der Waals surface area contributed by atoms with Gasteiger partial charge in [-0.3, -0.25) is 9.39 Å². The van der Waals surface area contributed by atoms with E-state index in [0.717, 1.165) is 5.56 Å². The number of aliphatic hydroxyl groups excluding tert-OH is 1. The second kappa shape index (κ2) is 5.93. The van der Waals surface area contributed by atoms with Crippen LogP contribution in [0.3, 0.4) is 0 Å². The summed E-state index contributed by atoms with van der Waals surface area (Å²) in [7, 11) is 1.68. The van der Waals surface area contributed by atoms with Crippen LogP contribution in [-0.4, -0.2) is 21.5 Å². The number of aryl methyl sites for hydroxylation is 1. The van der Waals surface area contributed by atoms with Gasteiger partial charge in [-0.15, -0.1) is 0 Å². The number of halogens is 1. The number of hydrogen-bond donors (Lipinski definition) is 1. The normalized spacial score (nSPS) is 13.5. The third-order valence-electron chi connectivity index (χ3n) is 3.74. The maximum Gasteiger partial charge on any atom is 0.143 e. The van der Waals surface area contributed by atoms with Crippen LogP contribution in [0.1, 0.15) is 24.3 Å². The average molecular weight is 311 g/mol. The van der Waals surface area contributed by atoms with E-state index in [4.69, 9.17) is 0 Å².